The van der Waals surface area contributed by atoms with Crippen LogP contribution in [0.5, 0.6) is 0 Å². The molecule has 2 nitrogen and oxygen atoms in total. The van der Waals surface area contributed by atoms with E-state index in [0.29, 0.717) is 17.8 Å². The van der Waals surface area contributed by atoms with Gasteiger partial charge in [-0.2, -0.15) is 0 Å². The molecule has 14 rings (SSSR count). The van der Waals surface area contributed by atoms with Crippen molar-refractivity contribution in [1.29, 1.82) is 0 Å². The molecule has 3 heterocycles. The predicted octanol–water partition coefficient (Wildman–Crippen LogP) is 16.7. The summed E-state index contributed by atoms with van der Waals surface area (Å²) >= 11 is 1.93. The Kier molecular flexibility index (Phi) is 10.6. The van der Waals surface area contributed by atoms with Crippen LogP contribution in [0.4, 0.5) is 34.1 Å². The van der Waals surface area contributed by atoms with E-state index in [1.54, 1.807) is 0 Å². The number of nitrogens with zero attached hydrogens (tertiary/aromatic N) is 2. The first kappa shape index (κ1) is 45.8. The van der Waals surface area contributed by atoms with Crippen LogP contribution in [-0.2, 0) is 10.8 Å². The Morgan fingerprint density at radius 3 is 1.15 bits per heavy atom. The van der Waals surface area contributed by atoms with Crippen molar-refractivity contribution in [1.82, 2.24) is 0 Å². The number of anilines is 6. The van der Waals surface area contributed by atoms with Crippen LogP contribution in [0, 0.1) is 0 Å². The minimum absolute atomic E-state index is 0.115. The third-order valence-corrected chi connectivity index (χ3v) is 18.3. The van der Waals surface area contributed by atoms with Gasteiger partial charge in [-0.25, -0.2) is 0 Å². The highest BCUT2D eigenvalue weighted by Gasteiger charge is 2.59. The van der Waals surface area contributed by atoms with Gasteiger partial charge in [0.1, 0.15) is 0 Å². The zero-order chi connectivity index (χ0) is 50.7. The molecule has 1 aliphatic carbocycles. The fraction of sp³-hybridized carbons (Fsp3) is 0.155. The summed E-state index contributed by atoms with van der Waals surface area (Å²) in [6.07, 6.45) is 0. The molecule has 0 amide bonds. The van der Waals surface area contributed by atoms with Gasteiger partial charge >= 0.3 is 0 Å². The lowest BCUT2D eigenvalue weighted by atomic mass is 9.34. The van der Waals surface area contributed by atoms with Crippen molar-refractivity contribution in [2.24, 2.45) is 0 Å². The number of hydrogen-bond donors (Lipinski definition) is 0. The van der Waals surface area contributed by atoms with Gasteiger partial charge in [0.15, 0.2) is 0 Å². The predicted molar refractivity (Wildman–Crippen MR) is 317 cm³/mol. The number of para-hydroxylation sites is 5. The first-order valence-electron chi connectivity index (χ1n) is 27.0. The maximum absolute atomic E-state index is 2.57. The molecule has 0 aromatic heterocycles. The normalized spacial score (nSPS) is 15.0. The average molecular weight is 983 g/mol. The largest absolute Gasteiger partial charge is 0.310 e. The number of hydrogen-bond acceptors (Lipinski definition) is 3. The molecule has 2 spiro atoms. The molecule has 0 saturated carbocycles. The molecular weight excluding hydrogens is 924 g/mol. The van der Waals surface area contributed by atoms with Crippen LogP contribution < -0.4 is 26.2 Å². The van der Waals surface area contributed by atoms with Crippen LogP contribution in [0.25, 0.3) is 0 Å². The van der Waals surface area contributed by atoms with E-state index in [4.69, 9.17) is 0 Å². The van der Waals surface area contributed by atoms with E-state index in [0.717, 1.165) is 5.69 Å². The lowest BCUT2D eigenvalue weighted by Gasteiger charge is -2.56. The highest BCUT2D eigenvalue weighted by Crippen LogP contribution is 2.68. The molecule has 75 heavy (non-hydrogen) atoms. The molecule has 3 aliphatic heterocycles. The fourth-order valence-electron chi connectivity index (χ4n) is 14.1. The molecule has 0 fully saturated rings. The third-order valence-electron chi connectivity index (χ3n) is 17.2. The van der Waals surface area contributed by atoms with Gasteiger partial charge in [-0.15, -0.1) is 0 Å². The van der Waals surface area contributed by atoms with Crippen molar-refractivity contribution in [2.45, 2.75) is 79.9 Å². The van der Waals surface area contributed by atoms with E-state index in [-0.39, 0.29) is 6.71 Å². The van der Waals surface area contributed by atoms with Crippen LogP contribution in [0.1, 0.15) is 120 Å². The van der Waals surface area contributed by atoms with Crippen molar-refractivity contribution in [3.63, 3.8) is 0 Å². The Bertz CT molecular complexity index is 3730. The fourth-order valence-corrected chi connectivity index (χ4v) is 15.3. The van der Waals surface area contributed by atoms with Gasteiger partial charge in [-0.1, -0.05) is 246 Å². The van der Waals surface area contributed by atoms with E-state index < -0.39 is 10.8 Å². The first-order chi connectivity index (χ1) is 36.7. The Morgan fingerprint density at radius 2 is 0.707 bits per heavy atom. The van der Waals surface area contributed by atoms with Crippen molar-refractivity contribution in [2.75, 3.05) is 9.80 Å². The van der Waals surface area contributed by atoms with Gasteiger partial charge in [-0.05, 0) is 134 Å². The van der Waals surface area contributed by atoms with Crippen LogP contribution in [-0.4, -0.2) is 6.71 Å². The Hall–Kier alpha value is -7.79. The van der Waals surface area contributed by atoms with Gasteiger partial charge in [-0.3, -0.25) is 0 Å². The monoisotopic (exact) mass is 982 g/mol. The SMILES string of the molecule is CC(C)c1cc(C(C)C)c(B2c3ccccc3Sc3cc(N4c5ccccc5C5(c6ccccc64)c4ccccc4C4(c6ccccc6N(c6ccccc6)c6ccccc64)c4ccccc45)ccc32)c(C(C)C)c1. The lowest BCUT2D eigenvalue weighted by molar-refractivity contribution is 0.607. The zero-order valence-corrected chi connectivity index (χ0v) is 44.4. The summed E-state index contributed by atoms with van der Waals surface area (Å²) in [5, 5.41) is 0. The highest BCUT2D eigenvalue weighted by atomic mass is 32.2. The van der Waals surface area contributed by atoms with Crippen LogP contribution >= 0.6 is 11.8 Å². The Balaban J connectivity index is 1.00. The topological polar surface area (TPSA) is 6.48 Å². The van der Waals surface area contributed by atoms with Gasteiger partial charge in [0.05, 0.1) is 33.6 Å². The standard InChI is InChI=1S/C71H59BN2S/c1-45(2)48-42-51(46(3)4)69(52(43-48)47(5)6)72-61-34-18-23-39-67(61)75-68-44-50(40-41-62(68)72)74-65-37-21-16-32-59(65)71(60-33-17-22-38-66(60)74)55-28-12-10-26-53(55)70(54-27-11-13-29-56(54)71)57-30-14-19-35-63(57)73(49-24-8-7-9-25-49)64-36-20-15-31-58(64)70/h7-47H,1-6H3. The molecule has 0 unspecified atom stereocenters. The molecule has 0 N–H and O–H groups in total. The molecule has 10 aromatic rings. The molecule has 0 atom stereocenters. The maximum atomic E-state index is 2.57. The van der Waals surface area contributed by atoms with Crippen molar-refractivity contribution < 1.29 is 0 Å². The van der Waals surface area contributed by atoms with Gasteiger partial charge in [0.25, 0.3) is 0 Å². The summed E-state index contributed by atoms with van der Waals surface area (Å²) in [4.78, 5) is 7.70. The number of benzene rings is 10. The van der Waals surface area contributed by atoms with E-state index in [2.05, 4.69) is 282 Å². The molecule has 0 radical (unpaired) electrons. The molecule has 0 bridgehead atoms. The third kappa shape index (κ3) is 6.42. The second-order valence-electron chi connectivity index (χ2n) is 22.0. The van der Waals surface area contributed by atoms with Crippen molar-refractivity contribution in [3.05, 3.63) is 292 Å². The Morgan fingerprint density at radius 1 is 0.333 bits per heavy atom. The summed E-state index contributed by atoms with van der Waals surface area (Å²) in [7, 11) is 0. The van der Waals surface area contributed by atoms with Crippen LogP contribution in [0.15, 0.2) is 240 Å². The molecule has 10 aromatic carbocycles. The molecule has 4 heteroatoms. The van der Waals surface area contributed by atoms with Gasteiger partial charge in [0, 0.05) is 21.2 Å². The summed E-state index contributed by atoms with van der Waals surface area (Å²) in [5.41, 5.74) is 24.9. The lowest BCUT2D eigenvalue weighted by Crippen LogP contribution is -2.57. The summed E-state index contributed by atoms with van der Waals surface area (Å²) in [6, 6.07) is 88.3. The Labute approximate surface area is 447 Å². The molecule has 362 valence electrons. The number of rotatable bonds is 6. The summed E-state index contributed by atoms with van der Waals surface area (Å²) < 4.78 is 0. The van der Waals surface area contributed by atoms with Crippen molar-refractivity contribution >= 4 is 69.0 Å². The second-order valence-corrected chi connectivity index (χ2v) is 23.1. The maximum Gasteiger partial charge on any atom is 0.244 e. The van der Waals surface area contributed by atoms with E-state index in [9.17, 15) is 0 Å². The summed E-state index contributed by atoms with van der Waals surface area (Å²) in [6.45, 7) is 14.3. The molecule has 4 aliphatic rings. The minimum atomic E-state index is -0.655. The summed E-state index contributed by atoms with van der Waals surface area (Å²) in [5.74, 6) is 1.22. The zero-order valence-electron chi connectivity index (χ0n) is 43.6. The quantitative estimate of drug-likeness (QED) is 0.153. The van der Waals surface area contributed by atoms with Crippen LogP contribution in [0.2, 0.25) is 0 Å². The van der Waals surface area contributed by atoms with Crippen LogP contribution in [0.3, 0.4) is 0 Å². The second kappa shape index (κ2) is 17.4. The highest BCUT2D eigenvalue weighted by molar-refractivity contribution is 8.00. The molecule has 0 saturated heterocycles. The minimum Gasteiger partial charge on any atom is -0.310 e. The molecular formula is C71H59BN2S. The van der Waals surface area contributed by atoms with E-state index in [1.807, 2.05) is 11.8 Å². The first-order valence-corrected chi connectivity index (χ1v) is 27.9. The smallest absolute Gasteiger partial charge is 0.244 e. The van der Waals surface area contributed by atoms with E-state index in [1.165, 1.54) is 116 Å². The number of fused-ring (bicyclic) bond motifs is 16. The van der Waals surface area contributed by atoms with Crippen molar-refractivity contribution in [3.8, 4) is 0 Å². The van der Waals surface area contributed by atoms with E-state index >= 15 is 0 Å². The average Bonchev–Trinajstić information content (AvgIpc) is 3.49. The van der Waals surface area contributed by atoms with Gasteiger partial charge < -0.3 is 9.80 Å². The van der Waals surface area contributed by atoms with Gasteiger partial charge in [0.2, 0.25) is 6.71 Å².